The molecular formula is C19H14FN5O2. The van der Waals surface area contributed by atoms with Crippen molar-refractivity contribution in [3.63, 3.8) is 0 Å². The molecule has 0 bridgehead atoms. The Bertz CT molecular complexity index is 1130. The van der Waals surface area contributed by atoms with Gasteiger partial charge in [-0.1, -0.05) is 23.4 Å². The summed E-state index contributed by atoms with van der Waals surface area (Å²) in [4.78, 5) is 18.5. The van der Waals surface area contributed by atoms with E-state index < -0.39 is 0 Å². The lowest BCUT2D eigenvalue weighted by Crippen LogP contribution is -2.24. The monoisotopic (exact) mass is 363 g/mol. The molecule has 1 amide bonds. The number of carbonyl (C=O) groups excluding carboxylic acids is 1. The number of benzene rings is 2. The molecule has 3 heterocycles. The van der Waals surface area contributed by atoms with Crippen molar-refractivity contribution in [3.05, 3.63) is 60.2 Å². The van der Waals surface area contributed by atoms with Crippen LogP contribution in [-0.4, -0.2) is 32.8 Å². The summed E-state index contributed by atoms with van der Waals surface area (Å²) in [6.07, 6.45) is 0.275. The summed E-state index contributed by atoms with van der Waals surface area (Å²) in [5, 5.41) is 12.1. The van der Waals surface area contributed by atoms with Crippen molar-refractivity contribution in [1.82, 2.24) is 20.3 Å². The van der Waals surface area contributed by atoms with Gasteiger partial charge in [-0.05, 0) is 30.3 Å². The zero-order valence-corrected chi connectivity index (χ0v) is 14.1. The van der Waals surface area contributed by atoms with Crippen LogP contribution in [0, 0.1) is 5.82 Å². The fourth-order valence-corrected chi connectivity index (χ4v) is 3.37. The minimum Gasteiger partial charge on any atom is -0.332 e. The zero-order valence-electron chi connectivity index (χ0n) is 14.1. The first kappa shape index (κ1) is 15.7. The number of nitrogens with zero attached hydrogens (tertiary/aromatic N) is 4. The van der Waals surface area contributed by atoms with Crippen molar-refractivity contribution in [3.8, 4) is 11.6 Å². The molecule has 1 fully saturated rings. The lowest BCUT2D eigenvalue weighted by Gasteiger charge is -2.15. The number of hydrogen-bond acceptors (Lipinski definition) is 5. The van der Waals surface area contributed by atoms with E-state index in [1.807, 2.05) is 24.3 Å². The number of nitrogens with one attached hydrogen (secondary N) is 1. The number of para-hydroxylation sites is 1. The highest BCUT2D eigenvalue weighted by Gasteiger charge is 2.35. The lowest BCUT2D eigenvalue weighted by molar-refractivity contribution is -0.117. The molecule has 1 aliphatic rings. The molecule has 4 aromatic rings. The van der Waals surface area contributed by atoms with Gasteiger partial charge < -0.3 is 9.42 Å². The van der Waals surface area contributed by atoms with Gasteiger partial charge in [0.25, 0.3) is 5.89 Å². The Morgan fingerprint density at radius 1 is 1.15 bits per heavy atom. The van der Waals surface area contributed by atoms with Crippen molar-refractivity contribution >= 4 is 22.5 Å². The highest BCUT2D eigenvalue weighted by molar-refractivity contribution is 5.96. The van der Waals surface area contributed by atoms with Gasteiger partial charge in [0.2, 0.25) is 5.91 Å². The third kappa shape index (κ3) is 2.66. The molecule has 2 aromatic carbocycles. The van der Waals surface area contributed by atoms with E-state index in [2.05, 4.69) is 20.3 Å². The largest absolute Gasteiger partial charge is 0.332 e. The molecule has 0 radical (unpaired) electrons. The van der Waals surface area contributed by atoms with Crippen LogP contribution in [0.4, 0.5) is 10.1 Å². The predicted molar refractivity (Wildman–Crippen MR) is 95.5 cm³/mol. The molecule has 5 rings (SSSR count). The van der Waals surface area contributed by atoms with Crippen LogP contribution in [0.15, 0.2) is 53.1 Å². The molecule has 7 nitrogen and oxygen atoms in total. The number of amides is 1. The minimum atomic E-state index is -0.337. The van der Waals surface area contributed by atoms with Crippen LogP contribution in [0.1, 0.15) is 18.2 Å². The van der Waals surface area contributed by atoms with Crippen LogP contribution in [0.3, 0.4) is 0 Å². The summed E-state index contributed by atoms with van der Waals surface area (Å²) < 4.78 is 18.5. The van der Waals surface area contributed by atoms with Gasteiger partial charge in [-0.25, -0.2) is 4.39 Å². The molecule has 2 aromatic heterocycles. The number of fused-ring (bicyclic) bond motifs is 1. The highest BCUT2D eigenvalue weighted by atomic mass is 19.1. The van der Waals surface area contributed by atoms with Crippen molar-refractivity contribution in [1.29, 1.82) is 0 Å². The van der Waals surface area contributed by atoms with Crippen LogP contribution in [-0.2, 0) is 4.79 Å². The van der Waals surface area contributed by atoms with Gasteiger partial charge in [0.15, 0.2) is 11.5 Å². The standard InChI is InChI=1S/C19H14FN5O2/c20-12-5-7-13(8-6-12)25-10-11(9-16(25)26)18-21-19(27-24-18)17-14-3-1-2-4-15(14)22-23-17/h1-8,11H,9-10H2,(H,22,23). The first-order valence-corrected chi connectivity index (χ1v) is 8.52. The van der Waals surface area contributed by atoms with Crippen LogP contribution >= 0.6 is 0 Å². The SMILES string of the molecule is O=C1CC(c2noc(-c3n[nH]c4ccccc34)n2)CN1c1ccc(F)cc1. The summed E-state index contributed by atoms with van der Waals surface area (Å²) in [5.74, 6) is 0.203. The van der Waals surface area contributed by atoms with Gasteiger partial charge in [0.1, 0.15) is 5.82 Å². The maximum Gasteiger partial charge on any atom is 0.279 e. The average Bonchev–Trinajstić information content (AvgIpc) is 3.39. The fraction of sp³-hybridized carbons (Fsp3) is 0.158. The maximum atomic E-state index is 13.1. The molecule has 8 heteroatoms. The molecule has 1 N–H and O–H groups in total. The van der Waals surface area contributed by atoms with E-state index in [9.17, 15) is 9.18 Å². The Morgan fingerprint density at radius 2 is 1.96 bits per heavy atom. The summed E-state index contributed by atoms with van der Waals surface area (Å²) in [7, 11) is 0. The number of halogens is 1. The zero-order chi connectivity index (χ0) is 18.4. The molecule has 1 atom stereocenters. The molecule has 1 unspecified atom stereocenters. The van der Waals surface area contributed by atoms with Crippen molar-refractivity contribution < 1.29 is 13.7 Å². The number of aromatic amines is 1. The number of rotatable bonds is 3. The van der Waals surface area contributed by atoms with Gasteiger partial charge >= 0.3 is 0 Å². The third-order valence-corrected chi connectivity index (χ3v) is 4.74. The van der Waals surface area contributed by atoms with E-state index in [-0.39, 0.29) is 24.1 Å². The quantitative estimate of drug-likeness (QED) is 0.603. The summed E-state index contributed by atoms with van der Waals surface area (Å²) in [6, 6.07) is 13.5. The summed E-state index contributed by atoms with van der Waals surface area (Å²) >= 11 is 0. The van der Waals surface area contributed by atoms with Crippen molar-refractivity contribution in [2.75, 3.05) is 11.4 Å². The lowest BCUT2D eigenvalue weighted by atomic mass is 10.1. The molecule has 1 saturated heterocycles. The minimum absolute atomic E-state index is 0.0526. The third-order valence-electron chi connectivity index (χ3n) is 4.74. The van der Waals surface area contributed by atoms with E-state index in [0.717, 1.165) is 10.9 Å². The summed E-state index contributed by atoms with van der Waals surface area (Å²) in [5.41, 5.74) is 2.13. The normalized spacial score (nSPS) is 17.1. The maximum absolute atomic E-state index is 13.1. The molecule has 0 spiro atoms. The Balaban J connectivity index is 1.42. The van der Waals surface area contributed by atoms with Gasteiger partial charge in [0, 0.05) is 30.0 Å². The topological polar surface area (TPSA) is 87.9 Å². The Kier molecular flexibility index (Phi) is 3.49. The van der Waals surface area contributed by atoms with E-state index in [1.165, 1.54) is 12.1 Å². The van der Waals surface area contributed by atoms with E-state index in [0.29, 0.717) is 29.6 Å². The first-order chi connectivity index (χ1) is 13.2. The van der Waals surface area contributed by atoms with Gasteiger partial charge in [0.05, 0.1) is 5.52 Å². The van der Waals surface area contributed by atoms with Crippen LogP contribution < -0.4 is 4.90 Å². The number of hydrogen-bond donors (Lipinski definition) is 1. The van der Waals surface area contributed by atoms with Crippen LogP contribution in [0.2, 0.25) is 0 Å². The predicted octanol–water partition coefficient (Wildman–Crippen LogP) is 3.27. The highest BCUT2D eigenvalue weighted by Crippen LogP contribution is 2.32. The summed E-state index contributed by atoms with van der Waals surface area (Å²) in [6.45, 7) is 0.421. The van der Waals surface area contributed by atoms with Crippen molar-refractivity contribution in [2.45, 2.75) is 12.3 Å². The molecule has 134 valence electrons. The molecule has 27 heavy (non-hydrogen) atoms. The number of H-pyrrole nitrogens is 1. The van der Waals surface area contributed by atoms with E-state index in [1.54, 1.807) is 17.0 Å². The van der Waals surface area contributed by atoms with Crippen LogP contribution in [0.25, 0.3) is 22.5 Å². The molecule has 0 saturated carbocycles. The van der Waals surface area contributed by atoms with Crippen molar-refractivity contribution in [2.24, 2.45) is 0 Å². The number of carbonyl (C=O) groups is 1. The van der Waals surface area contributed by atoms with E-state index in [4.69, 9.17) is 4.52 Å². The molecule has 0 aliphatic carbocycles. The molecule has 1 aliphatic heterocycles. The average molecular weight is 363 g/mol. The van der Waals surface area contributed by atoms with Gasteiger partial charge in [-0.2, -0.15) is 10.1 Å². The Hall–Kier alpha value is -3.55. The van der Waals surface area contributed by atoms with E-state index >= 15 is 0 Å². The Morgan fingerprint density at radius 3 is 2.81 bits per heavy atom. The Labute approximate surface area is 152 Å². The first-order valence-electron chi connectivity index (χ1n) is 8.52. The second kappa shape index (κ2) is 6.01. The molecular weight excluding hydrogens is 349 g/mol. The van der Waals surface area contributed by atoms with Gasteiger partial charge in [-0.15, -0.1) is 0 Å². The smallest absolute Gasteiger partial charge is 0.279 e. The second-order valence-corrected chi connectivity index (χ2v) is 6.46. The second-order valence-electron chi connectivity index (χ2n) is 6.46. The van der Waals surface area contributed by atoms with Gasteiger partial charge in [-0.3, -0.25) is 9.89 Å². The van der Waals surface area contributed by atoms with Crippen LogP contribution in [0.5, 0.6) is 0 Å². The number of aromatic nitrogens is 4. The fourth-order valence-electron chi connectivity index (χ4n) is 3.37. The number of anilines is 1.